The molecule has 1 atom stereocenters. The highest BCUT2D eigenvalue weighted by Gasteiger charge is 2.19. The van der Waals surface area contributed by atoms with Crippen LogP contribution in [0.5, 0.6) is 0 Å². The van der Waals surface area contributed by atoms with Crippen molar-refractivity contribution in [2.24, 2.45) is 11.7 Å². The van der Waals surface area contributed by atoms with Gasteiger partial charge in [-0.25, -0.2) is 0 Å². The Morgan fingerprint density at radius 1 is 1.19 bits per heavy atom. The van der Waals surface area contributed by atoms with E-state index >= 15 is 0 Å². The van der Waals surface area contributed by atoms with Gasteiger partial charge in [0.05, 0.1) is 0 Å². The van der Waals surface area contributed by atoms with Gasteiger partial charge in [0.15, 0.2) is 0 Å². The molecule has 0 radical (unpaired) electrons. The predicted octanol–water partition coefficient (Wildman–Crippen LogP) is 2.74. The Balaban J connectivity index is 1.62. The van der Waals surface area contributed by atoms with Crippen molar-refractivity contribution >= 4 is 0 Å². The average molecular weight is 289 g/mol. The predicted molar refractivity (Wildman–Crippen MR) is 90.3 cm³/mol. The monoisotopic (exact) mass is 289 g/mol. The zero-order valence-corrected chi connectivity index (χ0v) is 13.7. The molecule has 1 unspecified atom stereocenters. The Kier molecular flexibility index (Phi) is 6.68. The van der Waals surface area contributed by atoms with Crippen LogP contribution in [0.4, 0.5) is 0 Å². The number of hydrogen-bond donors (Lipinski definition) is 1. The van der Waals surface area contributed by atoms with Crippen LogP contribution in [0.1, 0.15) is 37.3 Å². The maximum atomic E-state index is 6.26. The minimum absolute atomic E-state index is 0.192. The zero-order chi connectivity index (χ0) is 15.1. The third-order valence-corrected chi connectivity index (χ3v) is 4.55. The molecule has 0 aliphatic carbocycles. The standard InChI is InChI=1S/C18H31N3/c1-20(2)15-16-10-13-21(14-11-16)12-6-9-18(19)17-7-4-3-5-8-17/h3-5,7-8,16,18H,6,9-15,19H2,1-2H3. The van der Waals surface area contributed by atoms with E-state index in [0.29, 0.717) is 0 Å². The number of likely N-dealkylation sites (tertiary alicyclic amines) is 1. The molecule has 2 rings (SSSR count). The van der Waals surface area contributed by atoms with Crippen LogP contribution >= 0.6 is 0 Å². The van der Waals surface area contributed by atoms with Gasteiger partial charge in [0.1, 0.15) is 0 Å². The number of nitrogens with two attached hydrogens (primary N) is 1. The van der Waals surface area contributed by atoms with Crippen molar-refractivity contribution in [1.82, 2.24) is 9.80 Å². The van der Waals surface area contributed by atoms with E-state index in [4.69, 9.17) is 5.73 Å². The molecule has 1 aliphatic rings. The quantitative estimate of drug-likeness (QED) is 0.838. The van der Waals surface area contributed by atoms with Crippen molar-refractivity contribution in [1.29, 1.82) is 0 Å². The molecular formula is C18H31N3. The molecule has 1 aromatic carbocycles. The van der Waals surface area contributed by atoms with Crippen LogP contribution in [-0.2, 0) is 0 Å². The Labute approximate surface area is 130 Å². The first-order valence-corrected chi connectivity index (χ1v) is 8.33. The lowest BCUT2D eigenvalue weighted by atomic mass is 9.96. The molecule has 0 saturated carbocycles. The SMILES string of the molecule is CN(C)CC1CCN(CCCC(N)c2ccccc2)CC1. The maximum absolute atomic E-state index is 6.26. The molecule has 3 heteroatoms. The van der Waals surface area contributed by atoms with Gasteiger partial charge in [-0.2, -0.15) is 0 Å². The van der Waals surface area contributed by atoms with Gasteiger partial charge < -0.3 is 15.5 Å². The van der Waals surface area contributed by atoms with E-state index < -0.39 is 0 Å². The van der Waals surface area contributed by atoms with Gasteiger partial charge in [0, 0.05) is 12.6 Å². The molecule has 0 bridgehead atoms. The second-order valence-corrected chi connectivity index (χ2v) is 6.71. The lowest BCUT2D eigenvalue weighted by molar-refractivity contribution is 0.160. The number of hydrogen-bond acceptors (Lipinski definition) is 3. The number of rotatable bonds is 7. The van der Waals surface area contributed by atoms with E-state index in [2.05, 4.69) is 48.2 Å². The number of nitrogens with zero attached hydrogens (tertiary/aromatic N) is 2. The van der Waals surface area contributed by atoms with Gasteiger partial charge in [0.25, 0.3) is 0 Å². The lowest BCUT2D eigenvalue weighted by Crippen LogP contribution is -2.37. The second kappa shape index (κ2) is 8.52. The molecular weight excluding hydrogens is 258 g/mol. The van der Waals surface area contributed by atoms with Crippen molar-refractivity contribution in [2.45, 2.75) is 31.7 Å². The summed E-state index contributed by atoms with van der Waals surface area (Å²) in [4.78, 5) is 4.93. The summed E-state index contributed by atoms with van der Waals surface area (Å²) in [6, 6.07) is 10.7. The van der Waals surface area contributed by atoms with Gasteiger partial charge in [0.2, 0.25) is 0 Å². The summed E-state index contributed by atoms with van der Waals surface area (Å²) in [7, 11) is 4.36. The number of benzene rings is 1. The highest BCUT2D eigenvalue weighted by Crippen LogP contribution is 2.19. The van der Waals surface area contributed by atoms with Crippen molar-refractivity contribution in [3.63, 3.8) is 0 Å². The van der Waals surface area contributed by atoms with Crippen LogP contribution in [0, 0.1) is 5.92 Å². The van der Waals surface area contributed by atoms with E-state index in [9.17, 15) is 0 Å². The molecule has 0 amide bonds. The van der Waals surface area contributed by atoms with Gasteiger partial charge in [-0.3, -0.25) is 0 Å². The van der Waals surface area contributed by atoms with Crippen molar-refractivity contribution in [2.75, 3.05) is 40.3 Å². The minimum atomic E-state index is 0.192. The topological polar surface area (TPSA) is 32.5 Å². The summed E-state index contributed by atoms with van der Waals surface area (Å²) < 4.78 is 0. The fourth-order valence-electron chi connectivity index (χ4n) is 3.31. The maximum Gasteiger partial charge on any atom is 0.0295 e. The summed E-state index contributed by atoms with van der Waals surface area (Å²) in [5.74, 6) is 0.892. The summed E-state index contributed by atoms with van der Waals surface area (Å²) in [6.07, 6.45) is 4.99. The molecule has 0 spiro atoms. The first-order valence-electron chi connectivity index (χ1n) is 8.33. The molecule has 21 heavy (non-hydrogen) atoms. The van der Waals surface area contributed by atoms with Crippen molar-refractivity contribution in [3.8, 4) is 0 Å². The molecule has 1 aromatic rings. The van der Waals surface area contributed by atoms with E-state index in [-0.39, 0.29) is 6.04 Å². The summed E-state index contributed by atoms with van der Waals surface area (Å²) in [6.45, 7) is 4.97. The van der Waals surface area contributed by atoms with Gasteiger partial charge in [-0.15, -0.1) is 0 Å². The highest BCUT2D eigenvalue weighted by atomic mass is 15.1. The molecule has 118 valence electrons. The van der Waals surface area contributed by atoms with Crippen molar-refractivity contribution in [3.05, 3.63) is 35.9 Å². The van der Waals surface area contributed by atoms with Crippen LogP contribution in [0.2, 0.25) is 0 Å². The summed E-state index contributed by atoms with van der Waals surface area (Å²) in [5, 5.41) is 0. The lowest BCUT2D eigenvalue weighted by Gasteiger charge is -2.33. The van der Waals surface area contributed by atoms with Crippen LogP contribution in [0.25, 0.3) is 0 Å². The fourth-order valence-corrected chi connectivity index (χ4v) is 3.31. The van der Waals surface area contributed by atoms with Crippen LogP contribution in [-0.4, -0.2) is 50.1 Å². The fraction of sp³-hybridized carbons (Fsp3) is 0.667. The third kappa shape index (κ3) is 5.77. The minimum Gasteiger partial charge on any atom is -0.324 e. The first kappa shape index (κ1) is 16.5. The van der Waals surface area contributed by atoms with Crippen LogP contribution in [0.3, 0.4) is 0 Å². The molecule has 1 fully saturated rings. The largest absolute Gasteiger partial charge is 0.324 e. The smallest absolute Gasteiger partial charge is 0.0295 e. The Morgan fingerprint density at radius 2 is 1.86 bits per heavy atom. The molecule has 3 nitrogen and oxygen atoms in total. The van der Waals surface area contributed by atoms with E-state index in [1.54, 1.807) is 0 Å². The van der Waals surface area contributed by atoms with Crippen LogP contribution in [0.15, 0.2) is 30.3 Å². The highest BCUT2D eigenvalue weighted by molar-refractivity contribution is 5.18. The van der Waals surface area contributed by atoms with Gasteiger partial charge in [-0.05, 0) is 70.9 Å². The average Bonchev–Trinajstić information content (AvgIpc) is 2.49. The Morgan fingerprint density at radius 3 is 2.48 bits per heavy atom. The van der Waals surface area contributed by atoms with E-state index in [0.717, 1.165) is 12.3 Å². The first-order chi connectivity index (χ1) is 10.1. The van der Waals surface area contributed by atoms with Gasteiger partial charge >= 0.3 is 0 Å². The van der Waals surface area contributed by atoms with Crippen LogP contribution < -0.4 is 5.73 Å². The zero-order valence-electron chi connectivity index (χ0n) is 13.7. The summed E-state index contributed by atoms with van der Waals surface area (Å²) in [5.41, 5.74) is 7.53. The molecule has 0 aromatic heterocycles. The Hall–Kier alpha value is -0.900. The van der Waals surface area contributed by atoms with Crippen molar-refractivity contribution < 1.29 is 0 Å². The molecule has 1 saturated heterocycles. The van der Waals surface area contributed by atoms with E-state index in [1.165, 1.54) is 51.0 Å². The number of piperidine rings is 1. The normalized spacial score (nSPS) is 19.0. The molecule has 1 aliphatic heterocycles. The second-order valence-electron chi connectivity index (χ2n) is 6.71. The molecule has 1 heterocycles. The van der Waals surface area contributed by atoms with E-state index in [1.807, 2.05) is 6.07 Å². The van der Waals surface area contributed by atoms with Gasteiger partial charge in [-0.1, -0.05) is 30.3 Å². The molecule has 2 N–H and O–H groups in total. The summed E-state index contributed by atoms with van der Waals surface area (Å²) >= 11 is 0. The Bertz CT molecular complexity index is 383. The third-order valence-electron chi connectivity index (χ3n) is 4.55.